The highest BCUT2D eigenvalue weighted by Crippen LogP contribution is 2.36. The summed E-state index contributed by atoms with van der Waals surface area (Å²) in [6, 6.07) is 7.42. The average molecular weight is 369 g/mol. The van der Waals surface area contributed by atoms with Crippen LogP contribution in [0.15, 0.2) is 24.3 Å². The Morgan fingerprint density at radius 2 is 2.12 bits per heavy atom. The Balaban J connectivity index is 1.95. The summed E-state index contributed by atoms with van der Waals surface area (Å²) in [6.07, 6.45) is 4.79. The van der Waals surface area contributed by atoms with E-state index in [4.69, 9.17) is 0 Å². The lowest BCUT2D eigenvalue weighted by molar-refractivity contribution is -0.110. The van der Waals surface area contributed by atoms with Crippen molar-refractivity contribution < 1.29 is 9.59 Å². The lowest BCUT2D eigenvalue weighted by Gasteiger charge is -2.09. The topological polar surface area (TPSA) is 74.0 Å². The number of carbonyl (C=O) groups is 2. The molecule has 5 nitrogen and oxygen atoms in total. The second-order valence-electron chi connectivity index (χ2n) is 6.39. The van der Waals surface area contributed by atoms with Crippen LogP contribution in [0.2, 0.25) is 0 Å². The smallest absolute Gasteiger partial charge is 0.256 e. The third-order valence-electron chi connectivity index (χ3n) is 4.36. The van der Waals surface area contributed by atoms with E-state index in [1.807, 2.05) is 38.3 Å². The summed E-state index contributed by atoms with van der Waals surface area (Å²) in [5.41, 5.74) is 5.38. The lowest BCUT2D eigenvalue weighted by Crippen LogP contribution is -2.25. The molecule has 2 heterocycles. The fourth-order valence-electron chi connectivity index (χ4n) is 3.13. The van der Waals surface area contributed by atoms with E-state index in [1.165, 1.54) is 0 Å². The quantitative estimate of drug-likeness (QED) is 0.538. The van der Waals surface area contributed by atoms with Crippen molar-refractivity contribution in [3.63, 3.8) is 0 Å². The average Bonchev–Trinajstić information content (AvgIpc) is 3.10. The number of rotatable bonds is 6. The number of carbonyl (C=O) groups excluding carboxylic acids is 2. The summed E-state index contributed by atoms with van der Waals surface area (Å²) in [6.45, 7) is 4.60. The van der Waals surface area contributed by atoms with Gasteiger partial charge < -0.3 is 15.6 Å². The molecule has 2 amide bonds. The first kappa shape index (κ1) is 18.3. The van der Waals surface area contributed by atoms with Crippen LogP contribution in [0.25, 0.3) is 11.6 Å². The van der Waals surface area contributed by atoms with Gasteiger partial charge >= 0.3 is 0 Å². The van der Waals surface area contributed by atoms with Crippen LogP contribution in [0, 0.1) is 13.8 Å². The van der Waals surface area contributed by atoms with Crippen molar-refractivity contribution in [2.45, 2.75) is 20.3 Å². The predicted molar refractivity (Wildman–Crippen MR) is 109 cm³/mol. The Bertz CT molecular complexity index is 883. The molecule has 3 N–H and O–H groups in total. The first-order valence-electron chi connectivity index (χ1n) is 8.61. The van der Waals surface area contributed by atoms with Gasteiger partial charge in [0, 0.05) is 34.7 Å². The largest absolute Gasteiger partial charge is 0.359 e. The number of amides is 2. The molecule has 1 aliphatic heterocycles. The maximum Gasteiger partial charge on any atom is 0.256 e. The van der Waals surface area contributed by atoms with Crippen molar-refractivity contribution in [3.8, 4) is 0 Å². The minimum Gasteiger partial charge on any atom is -0.359 e. The van der Waals surface area contributed by atoms with Gasteiger partial charge in [-0.15, -0.1) is 0 Å². The minimum atomic E-state index is -0.186. The molecule has 0 aliphatic carbocycles. The molecule has 0 spiro atoms. The molecular weight excluding hydrogens is 346 g/mol. The number of fused-ring (bicyclic) bond motifs is 1. The maximum atomic E-state index is 12.7. The van der Waals surface area contributed by atoms with E-state index in [2.05, 4.69) is 15.6 Å². The Labute approximate surface area is 157 Å². The van der Waals surface area contributed by atoms with Gasteiger partial charge in [-0.3, -0.25) is 9.59 Å². The Morgan fingerprint density at radius 1 is 1.31 bits per heavy atom. The molecule has 0 unspecified atom stereocenters. The van der Waals surface area contributed by atoms with Gasteiger partial charge in [0.05, 0.1) is 5.57 Å². The lowest BCUT2D eigenvalue weighted by atomic mass is 9.98. The molecular formula is C20H23N3O2S. The van der Waals surface area contributed by atoms with Gasteiger partial charge in [0.15, 0.2) is 0 Å². The highest BCUT2D eigenvalue weighted by Gasteiger charge is 2.29. The summed E-state index contributed by atoms with van der Waals surface area (Å²) in [4.78, 5) is 28.4. The number of thioether (sulfide) groups is 1. The van der Waals surface area contributed by atoms with E-state index in [1.54, 1.807) is 23.9 Å². The van der Waals surface area contributed by atoms with Gasteiger partial charge in [0.25, 0.3) is 11.8 Å². The molecule has 2 aromatic rings. The monoisotopic (exact) mass is 369 g/mol. The number of hydrogen-bond acceptors (Lipinski definition) is 3. The predicted octanol–water partition coefficient (Wildman–Crippen LogP) is 3.61. The van der Waals surface area contributed by atoms with Crippen LogP contribution < -0.4 is 10.6 Å². The summed E-state index contributed by atoms with van der Waals surface area (Å²) in [5.74, 6) is 0.670. The van der Waals surface area contributed by atoms with Crippen molar-refractivity contribution in [1.29, 1.82) is 0 Å². The molecule has 1 aliphatic rings. The summed E-state index contributed by atoms with van der Waals surface area (Å²) >= 11 is 1.76. The molecule has 1 aromatic carbocycles. The highest BCUT2D eigenvalue weighted by atomic mass is 32.2. The highest BCUT2D eigenvalue weighted by molar-refractivity contribution is 7.98. The summed E-state index contributed by atoms with van der Waals surface area (Å²) < 4.78 is 0. The van der Waals surface area contributed by atoms with E-state index in [0.717, 1.165) is 29.1 Å². The Kier molecular flexibility index (Phi) is 5.52. The zero-order valence-electron chi connectivity index (χ0n) is 15.2. The van der Waals surface area contributed by atoms with E-state index in [9.17, 15) is 9.59 Å². The second-order valence-corrected chi connectivity index (χ2v) is 7.38. The van der Waals surface area contributed by atoms with E-state index in [-0.39, 0.29) is 11.8 Å². The molecule has 1 aromatic heterocycles. The summed E-state index contributed by atoms with van der Waals surface area (Å²) in [7, 11) is 0. The van der Waals surface area contributed by atoms with Gasteiger partial charge in [-0.2, -0.15) is 11.8 Å². The molecule has 0 saturated heterocycles. The Hall–Kier alpha value is -2.47. The molecule has 0 radical (unpaired) electrons. The van der Waals surface area contributed by atoms with Crippen molar-refractivity contribution in [2.75, 3.05) is 23.9 Å². The second kappa shape index (κ2) is 7.83. The molecule has 0 fully saturated rings. The third kappa shape index (κ3) is 3.70. The zero-order chi connectivity index (χ0) is 18.7. The SMILES string of the molecule is CSCCCNC(=O)c1cccc2c1C(=Cc1[nH]c(C)cc1C)C(=O)N2. The van der Waals surface area contributed by atoms with Crippen LogP contribution in [-0.4, -0.2) is 35.4 Å². The van der Waals surface area contributed by atoms with E-state index in [0.29, 0.717) is 28.9 Å². The van der Waals surface area contributed by atoms with Gasteiger partial charge in [-0.1, -0.05) is 6.07 Å². The number of aryl methyl sites for hydroxylation is 2. The van der Waals surface area contributed by atoms with Crippen LogP contribution >= 0.6 is 11.8 Å². The Morgan fingerprint density at radius 3 is 2.81 bits per heavy atom. The molecule has 136 valence electrons. The molecule has 0 atom stereocenters. The number of aromatic nitrogens is 1. The van der Waals surface area contributed by atoms with Gasteiger partial charge in [-0.25, -0.2) is 0 Å². The standard InChI is InChI=1S/C20H23N3O2S/c1-12-10-13(2)22-17(12)11-15-18-14(19(24)21-8-5-9-26-3)6-4-7-16(18)23-20(15)25/h4,6-7,10-11,22H,5,8-9H2,1-3H3,(H,21,24)(H,23,25). The van der Waals surface area contributed by atoms with Gasteiger partial charge in [0.2, 0.25) is 0 Å². The van der Waals surface area contributed by atoms with Crippen LogP contribution in [0.3, 0.4) is 0 Å². The van der Waals surface area contributed by atoms with Crippen LogP contribution in [0.1, 0.15) is 39.3 Å². The van der Waals surface area contributed by atoms with E-state index >= 15 is 0 Å². The number of benzene rings is 1. The van der Waals surface area contributed by atoms with Crippen molar-refractivity contribution in [3.05, 3.63) is 52.3 Å². The molecule has 0 bridgehead atoms. The van der Waals surface area contributed by atoms with Gasteiger partial charge in [0.1, 0.15) is 0 Å². The van der Waals surface area contributed by atoms with Crippen molar-refractivity contribution in [2.24, 2.45) is 0 Å². The van der Waals surface area contributed by atoms with Gasteiger partial charge in [-0.05, 0) is 62.1 Å². The van der Waals surface area contributed by atoms with Crippen LogP contribution in [0.4, 0.5) is 5.69 Å². The van der Waals surface area contributed by atoms with Crippen LogP contribution in [-0.2, 0) is 4.79 Å². The first-order chi connectivity index (χ1) is 12.5. The number of aromatic amines is 1. The number of H-pyrrole nitrogens is 1. The number of anilines is 1. The van der Waals surface area contributed by atoms with E-state index < -0.39 is 0 Å². The minimum absolute atomic E-state index is 0.148. The fourth-order valence-corrected chi connectivity index (χ4v) is 3.57. The molecule has 0 saturated carbocycles. The third-order valence-corrected chi connectivity index (χ3v) is 5.06. The van der Waals surface area contributed by atoms with Crippen LogP contribution in [0.5, 0.6) is 0 Å². The summed E-state index contributed by atoms with van der Waals surface area (Å²) in [5, 5.41) is 5.81. The maximum absolute atomic E-state index is 12.7. The molecule has 26 heavy (non-hydrogen) atoms. The van der Waals surface area contributed by atoms with Crippen molar-refractivity contribution >= 4 is 40.9 Å². The molecule has 6 heteroatoms. The molecule has 3 rings (SSSR count). The number of nitrogens with one attached hydrogen (secondary N) is 3. The fraction of sp³-hybridized carbons (Fsp3) is 0.300. The first-order valence-corrected chi connectivity index (χ1v) is 10.0. The normalized spacial score (nSPS) is 14.4. The zero-order valence-corrected chi connectivity index (χ0v) is 16.0. The number of hydrogen-bond donors (Lipinski definition) is 3. The van der Waals surface area contributed by atoms with Crippen molar-refractivity contribution in [1.82, 2.24) is 10.3 Å².